The predicted octanol–water partition coefficient (Wildman–Crippen LogP) is 4.15. The van der Waals surface area contributed by atoms with E-state index in [2.05, 4.69) is 0 Å². The normalized spacial score (nSPS) is 14.2. The minimum Gasteiger partial charge on any atom is -0.318 e. The third-order valence-corrected chi connectivity index (χ3v) is 3.46. The molecule has 0 aliphatic heterocycles. The second kappa shape index (κ2) is 4.91. The molecule has 4 heteroatoms. The Bertz CT molecular complexity index is 624. The summed E-state index contributed by atoms with van der Waals surface area (Å²) in [7, 11) is 0. The smallest absolute Gasteiger partial charge is 0.134 e. The summed E-state index contributed by atoms with van der Waals surface area (Å²) < 4.78 is 28.2. The number of nitrogens with two attached hydrogens (primary N) is 1. The van der Waals surface area contributed by atoms with E-state index in [0.29, 0.717) is 16.1 Å². The predicted molar refractivity (Wildman–Crippen MR) is 73.2 cm³/mol. The van der Waals surface area contributed by atoms with E-state index < -0.39 is 17.2 Å². The minimum atomic E-state index is -1.29. The first-order chi connectivity index (χ1) is 8.84. The topological polar surface area (TPSA) is 26.0 Å². The van der Waals surface area contributed by atoms with Crippen LogP contribution in [0.2, 0.25) is 5.02 Å². The first-order valence-corrected chi connectivity index (χ1v) is 6.22. The fraction of sp³-hybridized carbons (Fsp3) is 0.200. The van der Waals surface area contributed by atoms with Crippen molar-refractivity contribution in [2.24, 2.45) is 5.73 Å². The van der Waals surface area contributed by atoms with E-state index in [9.17, 15) is 8.78 Å². The van der Waals surface area contributed by atoms with E-state index in [-0.39, 0.29) is 5.56 Å². The van der Waals surface area contributed by atoms with Gasteiger partial charge in [-0.2, -0.15) is 0 Å². The van der Waals surface area contributed by atoms with Crippen molar-refractivity contribution in [3.63, 3.8) is 0 Å². The zero-order valence-electron chi connectivity index (χ0n) is 10.7. The Kier molecular flexibility index (Phi) is 3.61. The van der Waals surface area contributed by atoms with E-state index in [0.717, 1.165) is 0 Å². The second-order valence-electron chi connectivity index (χ2n) is 4.77. The summed E-state index contributed by atoms with van der Waals surface area (Å²) in [6.07, 6.45) is 0. The van der Waals surface area contributed by atoms with Gasteiger partial charge in [0.05, 0.1) is 5.54 Å². The monoisotopic (exact) mass is 281 g/mol. The van der Waals surface area contributed by atoms with Crippen LogP contribution in [0, 0.1) is 18.6 Å². The van der Waals surface area contributed by atoms with Crippen molar-refractivity contribution >= 4 is 11.6 Å². The maximum absolute atomic E-state index is 14.2. The van der Waals surface area contributed by atoms with Gasteiger partial charge in [0.1, 0.15) is 11.6 Å². The van der Waals surface area contributed by atoms with Crippen molar-refractivity contribution in [1.82, 2.24) is 0 Å². The van der Waals surface area contributed by atoms with Crippen molar-refractivity contribution in [3.8, 4) is 0 Å². The first-order valence-electron chi connectivity index (χ1n) is 5.84. The van der Waals surface area contributed by atoms with Gasteiger partial charge in [-0.25, -0.2) is 8.78 Å². The van der Waals surface area contributed by atoms with E-state index in [1.807, 2.05) is 0 Å². The Morgan fingerprint density at radius 3 is 2.47 bits per heavy atom. The number of benzene rings is 2. The molecule has 0 aliphatic carbocycles. The van der Waals surface area contributed by atoms with Gasteiger partial charge in [-0.1, -0.05) is 29.8 Å². The lowest BCUT2D eigenvalue weighted by Gasteiger charge is -2.27. The molecule has 0 saturated carbocycles. The van der Waals surface area contributed by atoms with Crippen molar-refractivity contribution in [2.45, 2.75) is 19.4 Å². The Morgan fingerprint density at radius 1 is 1.16 bits per heavy atom. The molecule has 0 fully saturated rings. The van der Waals surface area contributed by atoms with Gasteiger partial charge in [-0.3, -0.25) is 0 Å². The maximum atomic E-state index is 14.2. The van der Waals surface area contributed by atoms with Crippen LogP contribution in [-0.2, 0) is 5.54 Å². The molecule has 2 N–H and O–H groups in total. The molecule has 1 atom stereocenters. The molecule has 19 heavy (non-hydrogen) atoms. The fourth-order valence-corrected chi connectivity index (χ4v) is 2.28. The molecule has 100 valence electrons. The molecule has 0 spiro atoms. The summed E-state index contributed by atoms with van der Waals surface area (Å²) in [5, 5.41) is 0.475. The summed E-state index contributed by atoms with van der Waals surface area (Å²) in [5.74, 6) is -1.28. The number of hydrogen-bond acceptors (Lipinski definition) is 1. The summed E-state index contributed by atoms with van der Waals surface area (Å²) in [4.78, 5) is 0. The van der Waals surface area contributed by atoms with Crippen molar-refractivity contribution in [1.29, 1.82) is 0 Å². The minimum absolute atomic E-state index is 0.144. The number of hydrogen-bond donors (Lipinski definition) is 1. The molecule has 1 nitrogen and oxygen atoms in total. The Labute approximate surface area is 116 Å². The number of halogens is 3. The molecule has 0 saturated heterocycles. The highest BCUT2D eigenvalue weighted by Gasteiger charge is 2.31. The van der Waals surface area contributed by atoms with Crippen LogP contribution in [0.15, 0.2) is 36.4 Å². The van der Waals surface area contributed by atoms with Crippen LogP contribution in [0.1, 0.15) is 23.6 Å². The highest BCUT2D eigenvalue weighted by atomic mass is 35.5. The van der Waals surface area contributed by atoms with Crippen LogP contribution in [0.3, 0.4) is 0 Å². The van der Waals surface area contributed by atoms with Gasteiger partial charge >= 0.3 is 0 Å². The van der Waals surface area contributed by atoms with Crippen LogP contribution >= 0.6 is 11.6 Å². The van der Waals surface area contributed by atoms with Gasteiger partial charge < -0.3 is 5.73 Å². The molecule has 0 heterocycles. The van der Waals surface area contributed by atoms with Gasteiger partial charge in [0.25, 0.3) is 0 Å². The Balaban J connectivity index is 2.66. The molecule has 0 aliphatic rings. The number of rotatable bonds is 2. The van der Waals surface area contributed by atoms with Crippen LogP contribution in [-0.4, -0.2) is 0 Å². The SMILES string of the molecule is Cc1ccc(F)c(C(C)(N)c2cccc(Cl)c2)c1F. The van der Waals surface area contributed by atoms with Crippen molar-refractivity contribution in [3.05, 3.63) is 69.7 Å². The Hall–Kier alpha value is -1.45. The summed E-state index contributed by atoms with van der Waals surface area (Å²) >= 11 is 5.91. The summed E-state index contributed by atoms with van der Waals surface area (Å²) in [6.45, 7) is 3.14. The molecule has 0 amide bonds. The van der Waals surface area contributed by atoms with Crippen LogP contribution in [0.5, 0.6) is 0 Å². The summed E-state index contributed by atoms with van der Waals surface area (Å²) in [5.41, 5.74) is 5.65. The van der Waals surface area contributed by atoms with E-state index in [1.165, 1.54) is 12.1 Å². The quantitative estimate of drug-likeness (QED) is 0.879. The van der Waals surface area contributed by atoms with Gasteiger partial charge in [0.15, 0.2) is 0 Å². The third kappa shape index (κ3) is 2.48. The van der Waals surface area contributed by atoms with Crippen molar-refractivity contribution < 1.29 is 8.78 Å². The van der Waals surface area contributed by atoms with Crippen LogP contribution < -0.4 is 5.73 Å². The highest BCUT2D eigenvalue weighted by molar-refractivity contribution is 6.30. The average molecular weight is 282 g/mol. The second-order valence-corrected chi connectivity index (χ2v) is 5.20. The molecular weight excluding hydrogens is 268 g/mol. The van der Waals surface area contributed by atoms with Crippen LogP contribution in [0.4, 0.5) is 8.78 Å². The van der Waals surface area contributed by atoms with Gasteiger partial charge in [0, 0.05) is 10.6 Å². The molecule has 2 aromatic carbocycles. The van der Waals surface area contributed by atoms with Gasteiger partial charge in [-0.15, -0.1) is 0 Å². The third-order valence-electron chi connectivity index (χ3n) is 3.23. The zero-order chi connectivity index (χ0) is 14.2. The van der Waals surface area contributed by atoms with E-state index in [4.69, 9.17) is 17.3 Å². The fourth-order valence-electron chi connectivity index (χ4n) is 2.09. The van der Waals surface area contributed by atoms with E-state index in [1.54, 1.807) is 38.1 Å². The first kappa shape index (κ1) is 14.0. The molecule has 0 aromatic heterocycles. The molecule has 0 bridgehead atoms. The van der Waals surface area contributed by atoms with Gasteiger partial charge in [0.2, 0.25) is 0 Å². The maximum Gasteiger partial charge on any atom is 0.134 e. The van der Waals surface area contributed by atoms with Gasteiger partial charge in [-0.05, 0) is 43.2 Å². The lowest BCUT2D eigenvalue weighted by molar-refractivity contribution is 0.479. The average Bonchev–Trinajstić information content (AvgIpc) is 2.34. The lowest BCUT2D eigenvalue weighted by Crippen LogP contribution is -2.36. The largest absolute Gasteiger partial charge is 0.318 e. The highest BCUT2D eigenvalue weighted by Crippen LogP contribution is 2.32. The lowest BCUT2D eigenvalue weighted by atomic mass is 9.84. The zero-order valence-corrected chi connectivity index (χ0v) is 11.4. The number of aryl methyl sites for hydroxylation is 1. The molecule has 0 radical (unpaired) electrons. The van der Waals surface area contributed by atoms with E-state index >= 15 is 0 Å². The van der Waals surface area contributed by atoms with Crippen molar-refractivity contribution in [2.75, 3.05) is 0 Å². The molecular formula is C15H14ClF2N. The van der Waals surface area contributed by atoms with Crippen LogP contribution in [0.25, 0.3) is 0 Å². The molecule has 2 aromatic rings. The molecule has 1 unspecified atom stereocenters. The summed E-state index contributed by atoms with van der Waals surface area (Å²) in [6, 6.07) is 9.32. The standard InChI is InChI=1S/C15H14ClF2N/c1-9-6-7-12(17)13(14(9)18)15(2,19)10-4-3-5-11(16)8-10/h3-8H,19H2,1-2H3. The molecule has 2 rings (SSSR count). The Morgan fingerprint density at radius 2 is 1.84 bits per heavy atom.